The van der Waals surface area contributed by atoms with E-state index in [1.165, 1.54) is 17.7 Å². The lowest BCUT2D eigenvalue weighted by Gasteiger charge is -2.18. The van der Waals surface area contributed by atoms with Gasteiger partial charge in [-0.3, -0.25) is 4.79 Å². The van der Waals surface area contributed by atoms with Gasteiger partial charge in [0.25, 0.3) is 0 Å². The molecule has 0 amide bonds. The number of hydrogen-bond donors (Lipinski definition) is 0. The van der Waals surface area contributed by atoms with Crippen molar-refractivity contribution in [1.29, 1.82) is 0 Å². The summed E-state index contributed by atoms with van der Waals surface area (Å²) in [5.41, 5.74) is 2.29. The Morgan fingerprint density at radius 2 is 1.93 bits per heavy atom. The lowest BCUT2D eigenvalue weighted by atomic mass is 10.1. The molecule has 0 N–H and O–H groups in total. The van der Waals surface area contributed by atoms with Gasteiger partial charge in [0.15, 0.2) is 0 Å². The molecule has 0 saturated heterocycles. The molecule has 0 aliphatic heterocycles. The van der Waals surface area contributed by atoms with Crippen LogP contribution in [0.3, 0.4) is 0 Å². The summed E-state index contributed by atoms with van der Waals surface area (Å²) >= 11 is 13.7. The van der Waals surface area contributed by atoms with Gasteiger partial charge in [0.2, 0.25) is 0 Å². The Morgan fingerprint density at radius 1 is 1.13 bits per heavy atom. The summed E-state index contributed by atoms with van der Waals surface area (Å²) in [7, 11) is 0. The number of aromatic nitrogens is 4. The topological polar surface area (TPSA) is 69.9 Å². The van der Waals surface area contributed by atoms with Crippen LogP contribution in [0.4, 0.5) is 0 Å². The number of rotatable bonds is 7. The second kappa shape index (κ2) is 9.38. The Labute approximate surface area is 187 Å². The van der Waals surface area contributed by atoms with Crippen LogP contribution in [0.1, 0.15) is 17.4 Å². The molecule has 0 saturated carbocycles. The van der Waals surface area contributed by atoms with Gasteiger partial charge in [-0.25, -0.2) is 14.6 Å². The first-order chi connectivity index (χ1) is 14.6. The van der Waals surface area contributed by atoms with E-state index >= 15 is 0 Å². The van der Waals surface area contributed by atoms with Crippen LogP contribution in [-0.4, -0.2) is 25.7 Å². The van der Waals surface area contributed by atoms with E-state index in [-0.39, 0.29) is 12.4 Å². The molecular formula is C21H16Cl2N4O2S. The predicted octanol–water partition coefficient (Wildman–Crippen LogP) is 5.24. The fourth-order valence-corrected chi connectivity index (χ4v) is 4.15. The molecule has 0 aliphatic rings. The van der Waals surface area contributed by atoms with E-state index < -0.39 is 6.10 Å². The van der Waals surface area contributed by atoms with E-state index in [4.69, 9.17) is 27.9 Å². The zero-order valence-electron chi connectivity index (χ0n) is 15.6. The van der Waals surface area contributed by atoms with Gasteiger partial charge in [-0.1, -0.05) is 53.5 Å². The Bertz CT molecular complexity index is 1130. The average Bonchev–Trinajstić information content (AvgIpc) is 3.41. The molecule has 4 aromatic rings. The van der Waals surface area contributed by atoms with Crippen LogP contribution in [-0.2, 0) is 22.5 Å². The first kappa shape index (κ1) is 20.5. The minimum Gasteiger partial charge on any atom is -0.455 e. The second-order valence-corrected chi connectivity index (χ2v) is 8.15. The summed E-state index contributed by atoms with van der Waals surface area (Å²) in [6, 6.07) is 14.7. The molecule has 6 nitrogen and oxygen atoms in total. The van der Waals surface area contributed by atoms with Gasteiger partial charge >= 0.3 is 5.97 Å². The molecule has 0 bridgehead atoms. The average molecular weight is 459 g/mol. The van der Waals surface area contributed by atoms with Gasteiger partial charge in [-0.15, -0.1) is 11.3 Å². The molecule has 0 radical (unpaired) electrons. The van der Waals surface area contributed by atoms with Crippen molar-refractivity contribution in [2.45, 2.75) is 19.1 Å². The fraction of sp³-hybridized carbons (Fsp3) is 0.143. The highest BCUT2D eigenvalue weighted by atomic mass is 35.5. The van der Waals surface area contributed by atoms with Gasteiger partial charge in [0.1, 0.15) is 23.8 Å². The summed E-state index contributed by atoms with van der Waals surface area (Å²) in [5.74, 6) is -0.383. The van der Waals surface area contributed by atoms with Crippen molar-refractivity contribution in [3.05, 3.63) is 87.9 Å². The summed E-state index contributed by atoms with van der Waals surface area (Å²) < 4.78 is 7.38. The number of halogens is 2. The monoisotopic (exact) mass is 458 g/mol. The molecule has 4 rings (SSSR count). The zero-order chi connectivity index (χ0) is 20.9. The Kier molecular flexibility index (Phi) is 6.42. The van der Waals surface area contributed by atoms with Crippen molar-refractivity contribution >= 4 is 40.5 Å². The van der Waals surface area contributed by atoms with Crippen molar-refractivity contribution in [3.8, 4) is 10.6 Å². The van der Waals surface area contributed by atoms with Crippen LogP contribution in [0, 0.1) is 0 Å². The SMILES string of the molecule is O=C(Cc1csc(-c2ccccc2Cl)n1)OC(Cn1cncn1)c1ccc(Cl)cc1. The maximum absolute atomic E-state index is 12.6. The molecule has 2 aromatic heterocycles. The Hall–Kier alpha value is -2.74. The minimum absolute atomic E-state index is 0.0579. The molecule has 0 aliphatic carbocycles. The number of thiazole rings is 1. The van der Waals surface area contributed by atoms with Gasteiger partial charge in [0.05, 0.1) is 23.7 Å². The third-order valence-electron chi connectivity index (χ3n) is 4.32. The van der Waals surface area contributed by atoms with Gasteiger partial charge < -0.3 is 4.74 Å². The normalized spacial score (nSPS) is 11.9. The lowest BCUT2D eigenvalue weighted by Crippen LogP contribution is -2.18. The molecule has 152 valence electrons. The fourth-order valence-electron chi connectivity index (χ4n) is 2.88. The molecule has 0 fully saturated rings. The third-order valence-corrected chi connectivity index (χ3v) is 5.82. The number of carbonyl (C=O) groups is 1. The van der Waals surface area contributed by atoms with Gasteiger partial charge in [-0.2, -0.15) is 5.10 Å². The van der Waals surface area contributed by atoms with E-state index in [1.807, 2.05) is 41.8 Å². The summed E-state index contributed by atoms with van der Waals surface area (Å²) in [6.45, 7) is 0.343. The minimum atomic E-state index is -0.529. The summed E-state index contributed by atoms with van der Waals surface area (Å²) in [4.78, 5) is 21.1. The van der Waals surface area contributed by atoms with E-state index in [2.05, 4.69) is 15.1 Å². The highest BCUT2D eigenvalue weighted by Crippen LogP contribution is 2.30. The highest BCUT2D eigenvalue weighted by Gasteiger charge is 2.20. The first-order valence-corrected chi connectivity index (χ1v) is 10.7. The summed E-state index contributed by atoms with van der Waals surface area (Å²) in [6.07, 6.45) is 2.54. The van der Waals surface area contributed by atoms with E-state index in [0.717, 1.165) is 16.1 Å². The zero-order valence-corrected chi connectivity index (χ0v) is 17.9. The number of esters is 1. The van der Waals surface area contributed by atoms with Crippen molar-refractivity contribution in [2.75, 3.05) is 0 Å². The standard InChI is InChI=1S/C21H16Cl2N4O2S/c22-15-7-5-14(6-8-15)19(10-27-13-24-12-25-27)29-20(28)9-16-11-30-21(26-16)17-3-1-2-4-18(17)23/h1-8,11-13,19H,9-10H2. The quantitative estimate of drug-likeness (QED) is 0.354. The smallest absolute Gasteiger partial charge is 0.312 e. The van der Waals surface area contributed by atoms with E-state index in [0.29, 0.717) is 22.3 Å². The van der Waals surface area contributed by atoms with Gasteiger partial charge in [-0.05, 0) is 23.8 Å². The molecule has 1 atom stereocenters. The predicted molar refractivity (Wildman–Crippen MR) is 117 cm³/mol. The van der Waals surface area contributed by atoms with Crippen molar-refractivity contribution in [1.82, 2.24) is 19.7 Å². The van der Waals surface area contributed by atoms with Crippen LogP contribution in [0.15, 0.2) is 66.6 Å². The van der Waals surface area contributed by atoms with E-state index in [9.17, 15) is 4.79 Å². The Morgan fingerprint density at radius 3 is 2.67 bits per heavy atom. The second-order valence-electron chi connectivity index (χ2n) is 6.45. The summed E-state index contributed by atoms with van der Waals surface area (Å²) in [5, 5.41) is 7.94. The molecular weight excluding hydrogens is 443 g/mol. The van der Waals surface area contributed by atoms with Crippen molar-refractivity contribution < 1.29 is 9.53 Å². The van der Waals surface area contributed by atoms with Gasteiger partial charge in [0, 0.05) is 16.0 Å². The van der Waals surface area contributed by atoms with Crippen molar-refractivity contribution in [2.24, 2.45) is 0 Å². The number of carbonyl (C=O) groups excluding carboxylic acids is 1. The molecule has 9 heteroatoms. The maximum Gasteiger partial charge on any atom is 0.312 e. The molecule has 0 spiro atoms. The van der Waals surface area contributed by atoms with Crippen LogP contribution >= 0.6 is 34.5 Å². The van der Waals surface area contributed by atoms with Crippen molar-refractivity contribution in [3.63, 3.8) is 0 Å². The van der Waals surface area contributed by atoms with Crippen LogP contribution in [0.25, 0.3) is 10.6 Å². The molecule has 1 unspecified atom stereocenters. The van der Waals surface area contributed by atoms with E-state index in [1.54, 1.807) is 23.1 Å². The molecule has 2 heterocycles. The maximum atomic E-state index is 12.6. The van der Waals surface area contributed by atoms with Crippen LogP contribution in [0.5, 0.6) is 0 Å². The number of ether oxygens (including phenoxy) is 1. The van der Waals surface area contributed by atoms with Crippen LogP contribution < -0.4 is 0 Å². The number of nitrogens with zero attached hydrogens (tertiary/aromatic N) is 4. The largest absolute Gasteiger partial charge is 0.455 e. The lowest BCUT2D eigenvalue weighted by molar-refractivity contribution is -0.149. The first-order valence-electron chi connectivity index (χ1n) is 9.05. The molecule has 30 heavy (non-hydrogen) atoms. The number of benzene rings is 2. The third kappa shape index (κ3) is 5.05. The Balaban J connectivity index is 1.47. The van der Waals surface area contributed by atoms with Crippen LogP contribution in [0.2, 0.25) is 10.0 Å². The highest BCUT2D eigenvalue weighted by molar-refractivity contribution is 7.13. The molecule has 2 aromatic carbocycles. The number of hydrogen-bond acceptors (Lipinski definition) is 6.